The average molecular weight is 308 g/mol. The average Bonchev–Trinajstić information content (AvgIpc) is 2.57. The Morgan fingerprint density at radius 3 is 2.82 bits per heavy atom. The lowest BCUT2D eigenvalue weighted by atomic mass is 10.1. The molecular formula is C8H10BrN3O5. The molecule has 0 fully saturated rings. The van der Waals surface area contributed by atoms with Gasteiger partial charge in [0.05, 0.1) is 18.4 Å². The fourth-order valence-corrected chi connectivity index (χ4v) is 1.65. The molecule has 1 heterocycles. The van der Waals surface area contributed by atoms with Crippen molar-refractivity contribution in [3.05, 3.63) is 20.8 Å². The maximum atomic E-state index is 11.2. The van der Waals surface area contributed by atoms with Gasteiger partial charge in [0, 0.05) is 0 Å². The van der Waals surface area contributed by atoms with Crippen molar-refractivity contribution in [2.45, 2.75) is 19.1 Å². The molecule has 0 aromatic carbocycles. The molecule has 1 aromatic rings. The molecule has 1 rings (SSSR count). The van der Waals surface area contributed by atoms with Crippen LogP contribution in [0.3, 0.4) is 0 Å². The number of hydrogen-bond acceptors (Lipinski definition) is 6. The van der Waals surface area contributed by atoms with E-state index in [0.29, 0.717) is 0 Å². The first-order valence-corrected chi connectivity index (χ1v) is 5.25. The molecule has 0 bridgehead atoms. The normalized spacial score (nSPS) is 14.1. The van der Waals surface area contributed by atoms with E-state index in [2.05, 4.69) is 25.8 Å². The van der Waals surface area contributed by atoms with Crippen LogP contribution < -0.4 is 0 Å². The standard InChI is InChI=1S/C8H10BrN3O5/c1-8(14,7(13)17-2)4-11-3-5(9)6(10-11)12(15)16/h3,14H,4H2,1-2H3. The molecule has 0 spiro atoms. The number of methoxy groups -OCH3 is 1. The van der Waals surface area contributed by atoms with Crippen LogP contribution in [-0.4, -0.2) is 38.5 Å². The molecule has 0 aliphatic carbocycles. The van der Waals surface area contributed by atoms with E-state index >= 15 is 0 Å². The molecule has 0 saturated heterocycles. The maximum Gasteiger partial charge on any atom is 0.404 e. The smallest absolute Gasteiger partial charge is 0.404 e. The largest absolute Gasteiger partial charge is 0.467 e. The zero-order chi connectivity index (χ0) is 13.2. The Hall–Kier alpha value is -1.48. The van der Waals surface area contributed by atoms with Crippen LogP contribution in [0.25, 0.3) is 0 Å². The van der Waals surface area contributed by atoms with Gasteiger partial charge >= 0.3 is 11.8 Å². The van der Waals surface area contributed by atoms with E-state index in [-0.39, 0.29) is 16.8 Å². The van der Waals surface area contributed by atoms with Gasteiger partial charge in [0.25, 0.3) is 0 Å². The third-order valence-electron chi connectivity index (χ3n) is 1.97. The minimum absolute atomic E-state index is 0.170. The number of carbonyl (C=O) groups is 1. The summed E-state index contributed by atoms with van der Waals surface area (Å²) in [6.07, 6.45) is 1.30. The molecular weight excluding hydrogens is 298 g/mol. The van der Waals surface area contributed by atoms with Crippen LogP contribution in [0.1, 0.15) is 6.92 Å². The zero-order valence-electron chi connectivity index (χ0n) is 9.08. The molecule has 1 aromatic heterocycles. The Morgan fingerprint density at radius 2 is 2.41 bits per heavy atom. The second kappa shape index (κ2) is 4.80. The van der Waals surface area contributed by atoms with Crippen molar-refractivity contribution < 1.29 is 19.6 Å². The van der Waals surface area contributed by atoms with Crippen molar-refractivity contribution in [3.8, 4) is 0 Å². The molecule has 0 radical (unpaired) electrons. The zero-order valence-corrected chi connectivity index (χ0v) is 10.7. The van der Waals surface area contributed by atoms with Crippen molar-refractivity contribution in [1.29, 1.82) is 0 Å². The van der Waals surface area contributed by atoms with Crippen molar-refractivity contribution in [3.63, 3.8) is 0 Å². The van der Waals surface area contributed by atoms with E-state index in [4.69, 9.17) is 0 Å². The first-order chi connectivity index (χ1) is 7.77. The van der Waals surface area contributed by atoms with Gasteiger partial charge in [-0.1, -0.05) is 0 Å². The summed E-state index contributed by atoms with van der Waals surface area (Å²) in [4.78, 5) is 21.1. The SMILES string of the molecule is COC(=O)C(C)(O)Cn1cc(Br)c([N+](=O)[O-])n1. The van der Waals surface area contributed by atoms with Gasteiger partial charge in [-0.05, 0) is 27.8 Å². The summed E-state index contributed by atoms with van der Waals surface area (Å²) in [5.41, 5.74) is -1.80. The highest BCUT2D eigenvalue weighted by atomic mass is 79.9. The summed E-state index contributed by atoms with van der Waals surface area (Å²) < 4.78 is 5.66. The first kappa shape index (κ1) is 13.6. The van der Waals surface area contributed by atoms with Crippen LogP contribution in [0, 0.1) is 10.1 Å². The van der Waals surface area contributed by atoms with Gasteiger partial charge in [-0.15, -0.1) is 0 Å². The van der Waals surface area contributed by atoms with Gasteiger partial charge in [-0.3, -0.25) is 0 Å². The van der Waals surface area contributed by atoms with Crippen LogP contribution in [-0.2, 0) is 16.1 Å². The molecule has 0 aliphatic heterocycles. The highest BCUT2D eigenvalue weighted by Gasteiger charge is 2.34. The Kier molecular flexibility index (Phi) is 3.83. The highest BCUT2D eigenvalue weighted by Crippen LogP contribution is 2.23. The number of aliphatic hydroxyl groups is 1. The van der Waals surface area contributed by atoms with Gasteiger partial charge in [0.2, 0.25) is 0 Å². The molecule has 1 N–H and O–H groups in total. The summed E-state index contributed by atoms with van der Waals surface area (Å²) >= 11 is 2.96. The van der Waals surface area contributed by atoms with E-state index in [0.717, 1.165) is 11.8 Å². The summed E-state index contributed by atoms with van der Waals surface area (Å²) in [6.45, 7) is 0.992. The first-order valence-electron chi connectivity index (χ1n) is 4.46. The van der Waals surface area contributed by atoms with Gasteiger partial charge in [0.15, 0.2) is 5.60 Å². The summed E-state index contributed by atoms with van der Waals surface area (Å²) in [7, 11) is 1.14. The lowest BCUT2D eigenvalue weighted by Crippen LogP contribution is -2.40. The monoisotopic (exact) mass is 307 g/mol. The third kappa shape index (κ3) is 3.01. The van der Waals surface area contributed by atoms with Crippen LogP contribution >= 0.6 is 15.9 Å². The lowest BCUT2D eigenvalue weighted by molar-refractivity contribution is -0.390. The number of halogens is 1. The predicted octanol–water partition coefficient (Wildman–Crippen LogP) is 0.478. The lowest BCUT2D eigenvalue weighted by Gasteiger charge is -2.18. The molecule has 8 nitrogen and oxygen atoms in total. The minimum atomic E-state index is -1.80. The number of hydrogen-bond donors (Lipinski definition) is 1. The molecule has 17 heavy (non-hydrogen) atoms. The molecule has 1 unspecified atom stereocenters. The Labute approximate surface area is 104 Å². The van der Waals surface area contributed by atoms with E-state index in [1.807, 2.05) is 0 Å². The number of ether oxygens (including phenoxy) is 1. The number of esters is 1. The Balaban J connectivity index is 2.93. The molecule has 94 valence electrons. The van der Waals surface area contributed by atoms with E-state index in [9.17, 15) is 20.0 Å². The van der Waals surface area contributed by atoms with Crippen molar-refractivity contribution in [2.24, 2.45) is 0 Å². The molecule has 0 aliphatic rings. The second-order valence-corrected chi connectivity index (χ2v) is 4.38. The highest BCUT2D eigenvalue weighted by molar-refractivity contribution is 9.10. The Morgan fingerprint density at radius 1 is 1.82 bits per heavy atom. The summed E-state index contributed by atoms with van der Waals surface area (Å²) in [5, 5.41) is 23.9. The number of nitro groups is 1. The van der Waals surface area contributed by atoms with Crippen LogP contribution in [0.15, 0.2) is 10.7 Å². The number of aromatic nitrogens is 2. The van der Waals surface area contributed by atoms with Crippen molar-refractivity contribution in [2.75, 3.05) is 7.11 Å². The molecule has 1 atom stereocenters. The van der Waals surface area contributed by atoms with Gasteiger partial charge in [-0.25, -0.2) is 4.79 Å². The van der Waals surface area contributed by atoms with E-state index in [1.165, 1.54) is 13.1 Å². The summed E-state index contributed by atoms with van der Waals surface area (Å²) in [5.74, 6) is -1.22. The van der Waals surface area contributed by atoms with E-state index in [1.54, 1.807) is 0 Å². The fraction of sp³-hybridized carbons (Fsp3) is 0.500. The fourth-order valence-electron chi connectivity index (χ4n) is 1.19. The maximum absolute atomic E-state index is 11.2. The number of rotatable bonds is 4. The second-order valence-electron chi connectivity index (χ2n) is 3.52. The van der Waals surface area contributed by atoms with E-state index < -0.39 is 16.5 Å². The molecule has 0 saturated carbocycles. The number of carbonyl (C=O) groups excluding carboxylic acids is 1. The van der Waals surface area contributed by atoms with Crippen LogP contribution in [0.4, 0.5) is 5.82 Å². The minimum Gasteiger partial charge on any atom is -0.467 e. The Bertz CT molecular complexity index is 456. The van der Waals surface area contributed by atoms with Gasteiger partial charge < -0.3 is 20.0 Å². The van der Waals surface area contributed by atoms with Crippen LogP contribution in [0.2, 0.25) is 0 Å². The van der Waals surface area contributed by atoms with Gasteiger partial charge in [-0.2, -0.15) is 4.68 Å². The molecule has 0 amide bonds. The van der Waals surface area contributed by atoms with Crippen molar-refractivity contribution in [1.82, 2.24) is 9.78 Å². The quantitative estimate of drug-likeness (QED) is 0.492. The van der Waals surface area contributed by atoms with Crippen LogP contribution in [0.5, 0.6) is 0 Å². The third-order valence-corrected chi connectivity index (χ3v) is 2.53. The van der Waals surface area contributed by atoms with Gasteiger partial charge in [0.1, 0.15) is 11.0 Å². The van der Waals surface area contributed by atoms with Crippen molar-refractivity contribution >= 4 is 27.7 Å². The molecule has 9 heteroatoms. The summed E-state index contributed by atoms with van der Waals surface area (Å²) in [6, 6.07) is 0. The predicted molar refractivity (Wildman–Crippen MR) is 59.2 cm³/mol. The topological polar surface area (TPSA) is 107 Å². The number of nitrogens with zero attached hydrogens (tertiary/aromatic N) is 3.